The van der Waals surface area contributed by atoms with Crippen molar-refractivity contribution in [3.05, 3.63) is 24.3 Å². The number of carbonyl (C=O) groups is 1. The molecule has 11 atom stereocenters. The summed E-state index contributed by atoms with van der Waals surface area (Å²) in [6.45, 7) is 2.60. The number of carbonyl (C=O) groups excluding carboxylic acids is 1. The van der Waals surface area contributed by atoms with Gasteiger partial charge in [-0.2, -0.15) is 0 Å². The molecule has 0 aliphatic carbocycles. The molecule has 14 nitrogen and oxygen atoms in total. The lowest BCUT2D eigenvalue weighted by Gasteiger charge is -2.42. The predicted octanol–water partition coefficient (Wildman–Crippen LogP) is 1.78. The maximum Gasteiger partial charge on any atom is 0.303 e. The van der Waals surface area contributed by atoms with E-state index in [2.05, 4.69) is 31.2 Å². The zero-order chi connectivity index (χ0) is 36.7. The molecule has 0 amide bonds. The first kappa shape index (κ1) is 44.6. The van der Waals surface area contributed by atoms with Gasteiger partial charge in [-0.15, -0.1) is 0 Å². The van der Waals surface area contributed by atoms with E-state index in [1.165, 1.54) is 51.9 Å². The third-order valence-corrected chi connectivity index (χ3v) is 8.76. The number of aliphatic hydroxyl groups is 7. The Kier molecular flexibility index (Phi) is 23.4. The molecule has 14 heteroatoms. The van der Waals surface area contributed by atoms with Crippen LogP contribution in [-0.2, 0) is 33.2 Å². The van der Waals surface area contributed by atoms with Gasteiger partial charge in [-0.1, -0.05) is 76.2 Å². The van der Waals surface area contributed by atoms with Gasteiger partial charge in [-0.25, -0.2) is 0 Å². The smallest absolute Gasteiger partial charge is 0.303 e. The molecule has 2 heterocycles. The van der Waals surface area contributed by atoms with Crippen LogP contribution in [-0.4, -0.2) is 142 Å². The van der Waals surface area contributed by atoms with E-state index < -0.39 is 86.7 Å². The van der Waals surface area contributed by atoms with Crippen LogP contribution in [0.1, 0.15) is 97.3 Å². The normalized spacial score (nSPS) is 31.1. The zero-order valence-corrected chi connectivity index (χ0v) is 29.9. The van der Waals surface area contributed by atoms with Crippen LogP contribution in [0, 0.1) is 0 Å². The van der Waals surface area contributed by atoms with Gasteiger partial charge in [0.15, 0.2) is 12.6 Å². The third-order valence-electron chi connectivity index (χ3n) is 8.76. The van der Waals surface area contributed by atoms with Crippen LogP contribution in [0.25, 0.3) is 0 Å². The van der Waals surface area contributed by atoms with E-state index in [1.807, 2.05) is 0 Å². The number of esters is 1. The first-order valence-corrected chi connectivity index (χ1v) is 18.4. The average Bonchev–Trinajstić information content (AvgIpc) is 3.10. The van der Waals surface area contributed by atoms with Crippen molar-refractivity contribution in [3.8, 4) is 0 Å². The molecular formula is C36H64O14. The molecule has 7 N–H and O–H groups in total. The number of rotatable bonds is 26. The van der Waals surface area contributed by atoms with Crippen LogP contribution >= 0.6 is 0 Å². The van der Waals surface area contributed by atoms with Crippen molar-refractivity contribution in [2.45, 2.75) is 165 Å². The Morgan fingerprint density at radius 1 is 0.660 bits per heavy atom. The highest BCUT2D eigenvalue weighted by molar-refractivity contribution is 5.66. The molecule has 292 valence electrons. The van der Waals surface area contributed by atoms with Crippen molar-refractivity contribution in [1.82, 2.24) is 0 Å². The molecule has 11 unspecified atom stereocenters. The Labute approximate surface area is 297 Å². The summed E-state index contributed by atoms with van der Waals surface area (Å²) in [6, 6.07) is 0. The SMILES string of the molecule is CCCCCC/C=C\C/C=C\CCCCCCCCOCC(COC1OC(COC2OC(CO)C(O)C(O)C2O)C(O)C(O)C1O)OC(C)=O. The zero-order valence-electron chi connectivity index (χ0n) is 29.9. The third kappa shape index (κ3) is 16.9. The number of hydrogen-bond acceptors (Lipinski definition) is 14. The van der Waals surface area contributed by atoms with Crippen molar-refractivity contribution in [3.63, 3.8) is 0 Å². The van der Waals surface area contributed by atoms with Gasteiger partial charge < -0.3 is 64.2 Å². The number of aliphatic hydroxyl groups excluding tert-OH is 7. The molecule has 2 fully saturated rings. The van der Waals surface area contributed by atoms with Crippen molar-refractivity contribution < 1.29 is 69.0 Å². The largest absolute Gasteiger partial charge is 0.458 e. The van der Waals surface area contributed by atoms with Crippen LogP contribution in [0.2, 0.25) is 0 Å². The minimum Gasteiger partial charge on any atom is -0.458 e. The minimum absolute atomic E-state index is 0.0393. The topological polar surface area (TPSA) is 214 Å². The van der Waals surface area contributed by atoms with Gasteiger partial charge in [0, 0.05) is 13.5 Å². The van der Waals surface area contributed by atoms with Crippen LogP contribution in [0.15, 0.2) is 24.3 Å². The van der Waals surface area contributed by atoms with Gasteiger partial charge in [0.05, 0.1) is 26.4 Å². The molecule has 0 saturated carbocycles. The molecule has 50 heavy (non-hydrogen) atoms. The number of hydrogen-bond donors (Lipinski definition) is 7. The standard InChI is InChI=1S/C36H64O14/c1-3-4-5-6-7-8-9-10-11-12-13-14-15-16-17-18-19-20-45-22-26(48-25(2)38)23-46-35-34(44)32(42)30(40)28(50-35)24-47-36-33(43)31(41)29(39)27(21-37)49-36/h8-9,11-12,26-37,39-44H,3-7,10,13-24H2,1-2H3/b9-8-,12-11-. The van der Waals surface area contributed by atoms with Crippen molar-refractivity contribution in [2.24, 2.45) is 0 Å². The highest BCUT2D eigenvalue weighted by Gasteiger charge is 2.47. The summed E-state index contributed by atoms with van der Waals surface area (Å²) < 4.78 is 33.0. The van der Waals surface area contributed by atoms with Gasteiger partial charge in [0.25, 0.3) is 0 Å². The van der Waals surface area contributed by atoms with Crippen molar-refractivity contribution in [2.75, 3.05) is 33.0 Å². The number of unbranched alkanes of at least 4 members (excludes halogenated alkanes) is 10. The number of allylic oxidation sites excluding steroid dienone is 4. The van der Waals surface area contributed by atoms with E-state index in [1.54, 1.807) is 0 Å². The summed E-state index contributed by atoms with van der Waals surface area (Å²) in [4.78, 5) is 11.7. The van der Waals surface area contributed by atoms with Crippen LogP contribution in [0.3, 0.4) is 0 Å². The van der Waals surface area contributed by atoms with Crippen LogP contribution in [0.4, 0.5) is 0 Å². The Morgan fingerprint density at radius 2 is 1.20 bits per heavy atom. The maximum absolute atomic E-state index is 11.7. The van der Waals surface area contributed by atoms with E-state index in [0.717, 1.165) is 38.5 Å². The molecule has 0 aromatic carbocycles. The fourth-order valence-corrected chi connectivity index (χ4v) is 5.72. The van der Waals surface area contributed by atoms with Gasteiger partial charge in [-0.05, 0) is 38.5 Å². The summed E-state index contributed by atoms with van der Waals surface area (Å²) in [6.07, 6.45) is 7.90. The van der Waals surface area contributed by atoms with Gasteiger partial charge in [0.1, 0.15) is 54.9 Å². The summed E-state index contributed by atoms with van der Waals surface area (Å²) in [7, 11) is 0. The second kappa shape index (κ2) is 26.3. The van der Waals surface area contributed by atoms with Gasteiger partial charge in [0.2, 0.25) is 0 Å². The fourth-order valence-electron chi connectivity index (χ4n) is 5.72. The van der Waals surface area contributed by atoms with Crippen LogP contribution in [0.5, 0.6) is 0 Å². The molecule has 0 aromatic rings. The maximum atomic E-state index is 11.7. The summed E-state index contributed by atoms with van der Waals surface area (Å²) in [5.41, 5.74) is 0. The van der Waals surface area contributed by atoms with E-state index in [0.29, 0.717) is 6.61 Å². The van der Waals surface area contributed by atoms with E-state index in [4.69, 9.17) is 28.4 Å². The van der Waals surface area contributed by atoms with Crippen molar-refractivity contribution >= 4 is 5.97 Å². The molecule has 2 saturated heterocycles. The van der Waals surface area contributed by atoms with E-state index >= 15 is 0 Å². The van der Waals surface area contributed by atoms with Gasteiger partial charge >= 0.3 is 5.97 Å². The van der Waals surface area contributed by atoms with Crippen LogP contribution < -0.4 is 0 Å². The quantitative estimate of drug-likeness (QED) is 0.0386. The minimum atomic E-state index is -1.70. The fraction of sp³-hybridized carbons (Fsp3) is 0.861. The van der Waals surface area contributed by atoms with Crippen molar-refractivity contribution in [1.29, 1.82) is 0 Å². The molecule has 0 radical (unpaired) electrons. The first-order chi connectivity index (χ1) is 24.1. The molecule has 2 aliphatic heterocycles. The lowest BCUT2D eigenvalue weighted by Crippen LogP contribution is -2.61. The molecule has 2 aliphatic rings. The Bertz CT molecular complexity index is 932. The lowest BCUT2D eigenvalue weighted by atomic mass is 9.98. The first-order valence-electron chi connectivity index (χ1n) is 18.4. The van der Waals surface area contributed by atoms with E-state index in [-0.39, 0.29) is 13.2 Å². The summed E-state index contributed by atoms with van der Waals surface area (Å²) in [5, 5.41) is 70.8. The Morgan fingerprint density at radius 3 is 1.80 bits per heavy atom. The Hall–Kier alpha value is -1.53. The molecular weight excluding hydrogens is 656 g/mol. The number of ether oxygens (including phenoxy) is 6. The highest BCUT2D eigenvalue weighted by Crippen LogP contribution is 2.26. The second-order valence-corrected chi connectivity index (χ2v) is 13.1. The average molecular weight is 721 g/mol. The molecule has 0 bridgehead atoms. The summed E-state index contributed by atoms with van der Waals surface area (Å²) in [5.74, 6) is -0.558. The molecule has 0 spiro atoms. The van der Waals surface area contributed by atoms with Gasteiger partial charge in [-0.3, -0.25) is 4.79 Å². The Balaban J connectivity index is 1.64. The summed E-state index contributed by atoms with van der Waals surface area (Å²) >= 11 is 0. The predicted molar refractivity (Wildman–Crippen MR) is 183 cm³/mol. The monoisotopic (exact) mass is 720 g/mol. The highest BCUT2D eigenvalue weighted by atomic mass is 16.7. The second-order valence-electron chi connectivity index (χ2n) is 13.1. The molecule has 0 aromatic heterocycles. The van der Waals surface area contributed by atoms with E-state index in [9.17, 15) is 40.5 Å². The molecule has 2 rings (SSSR count). The lowest BCUT2D eigenvalue weighted by molar-refractivity contribution is -0.332.